The molecule has 0 radical (unpaired) electrons. The number of carbonyl (C=O) groups is 2. The fraction of sp³-hybridized carbons (Fsp3) is 0.263. The van der Waals surface area contributed by atoms with Crippen LogP contribution in [0.4, 0.5) is 24.5 Å². The highest BCUT2D eigenvalue weighted by Crippen LogP contribution is 2.36. The number of alkyl halides is 3. The maximum Gasteiger partial charge on any atom is 0.418 e. The third kappa shape index (κ3) is 3.89. The summed E-state index contributed by atoms with van der Waals surface area (Å²) in [6.45, 7) is 1.36. The Morgan fingerprint density at radius 3 is 2.52 bits per heavy atom. The van der Waals surface area contributed by atoms with Gasteiger partial charge in [-0.25, -0.2) is 0 Å². The third-order valence-corrected chi connectivity index (χ3v) is 4.15. The maximum atomic E-state index is 13.1. The normalized spacial score (nSPS) is 16.5. The van der Waals surface area contributed by atoms with Crippen molar-refractivity contribution in [3.05, 3.63) is 54.1 Å². The molecular weight excluding hydrogens is 361 g/mol. The van der Waals surface area contributed by atoms with Crippen LogP contribution in [0.5, 0.6) is 5.75 Å². The minimum atomic E-state index is -4.60. The molecule has 5 nitrogen and oxygen atoms in total. The summed E-state index contributed by atoms with van der Waals surface area (Å²) in [7, 11) is 0. The molecule has 1 aliphatic rings. The number of ether oxygens (including phenoxy) is 1. The minimum Gasteiger partial charge on any atom is -0.478 e. The number of amides is 2. The van der Waals surface area contributed by atoms with Gasteiger partial charge in [-0.1, -0.05) is 31.2 Å². The molecule has 2 amide bonds. The van der Waals surface area contributed by atoms with Gasteiger partial charge in [-0.3, -0.25) is 14.5 Å². The Morgan fingerprint density at radius 1 is 1.15 bits per heavy atom. The van der Waals surface area contributed by atoms with E-state index in [2.05, 4.69) is 5.32 Å². The van der Waals surface area contributed by atoms with Gasteiger partial charge in [-0.15, -0.1) is 0 Å². The lowest BCUT2D eigenvalue weighted by Crippen LogP contribution is -2.48. The van der Waals surface area contributed by atoms with E-state index in [0.29, 0.717) is 17.9 Å². The smallest absolute Gasteiger partial charge is 0.418 e. The number of nitrogens with zero attached hydrogens (tertiary/aromatic N) is 1. The summed E-state index contributed by atoms with van der Waals surface area (Å²) in [6, 6.07) is 11.4. The zero-order valence-corrected chi connectivity index (χ0v) is 14.4. The first-order valence-corrected chi connectivity index (χ1v) is 8.34. The lowest BCUT2D eigenvalue weighted by atomic mass is 10.1. The van der Waals surface area contributed by atoms with E-state index in [9.17, 15) is 22.8 Å². The number of rotatable bonds is 4. The number of benzene rings is 2. The monoisotopic (exact) mass is 378 g/mol. The van der Waals surface area contributed by atoms with Crippen molar-refractivity contribution in [3.8, 4) is 5.75 Å². The Hall–Kier alpha value is -3.03. The molecule has 0 fully saturated rings. The molecule has 0 saturated carbocycles. The van der Waals surface area contributed by atoms with Gasteiger partial charge in [0.15, 0.2) is 6.10 Å². The Morgan fingerprint density at radius 2 is 1.81 bits per heavy atom. The number of fused-ring (bicyclic) bond motifs is 1. The average Bonchev–Trinajstić information content (AvgIpc) is 2.63. The van der Waals surface area contributed by atoms with Crippen LogP contribution in [0.1, 0.15) is 18.9 Å². The summed E-state index contributed by atoms with van der Waals surface area (Å²) in [4.78, 5) is 26.2. The van der Waals surface area contributed by atoms with Gasteiger partial charge in [0.1, 0.15) is 12.3 Å². The van der Waals surface area contributed by atoms with Crippen molar-refractivity contribution in [3.63, 3.8) is 0 Å². The molecule has 2 aromatic carbocycles. The molecule has 1 N–H and O–H groups in total. The Kier molecular flexibility index (Phi) is 5.07. The van der Waals surface area contributed by atoms with Gasteiger partial charge in [-0.2, -0.15) is 13.2 Å². The number of hydrogen-bond acceptors (Lipinski definition) is 3. The summed E-state index contributed by atoms with van der Waals surface area (Å²) in [5.74, 6) is -0.686. The quantitative estimate of drug-likeness (QED) is 0.879. The predicted octanol–water partition coefficient (Wildman–Crippen LogP) is 3.85. The molecular formula is C19H17F3N2O3. The van der Waals surface area contributed by atoms with E-state index >= 15 is 0 Å². The van der Waals surface area contributed by atoms with Crippen molar-refractivity contribution in [1.29, 1.82) is 0 Å². The highest BCUT2D eigenvalue weighted by Gasteiger charge is 2.36. The van der Waals surface area contributed by atoms with Crippen molar-refractivity contribution in [2.45, 2.75) is 25.6 Å². The number of anilines is 2. The number of nitrogens with one attached hydrogen (secondary N) is 1. The second-order valence-corrected chi connectivity index (χ2v) is 6.00. The molecule has 0 spiro atoms. The lowest BCUT2D eigenvalue weighted by Gasteiger charge is -2.33. The minimum absolute atomic E-state index is 0.351. The molecule has 0 aromatic heterocycles. The van der Waals surface area contributed by atoms with E-state index in [1.165, 1.54) is 23.1 Å². The first-order valence-electron chi connectivity index (χ1n) is 8.34. The van der Waals surface area contributed by atoms with E-state index in [1.807, 2.05) is 0 Å². The van der Waals surface area contributed by atoms with Crippen LogP contribution in [-0.4, -0.2) is 24.5 Å². The first-order chi connectivity index (χ1) is 12.8. The molecule has 8 heteroatoms. The molecule has 1 aliphatic heterocycles. The Balaban J connectivity index is 1.83. The molecule has 142 valence electrons. The second kappa shape index (κ2) is 7.30. The molecule has 1 atom stereocenters. The molecule has 2 aromatic rings. The number of hydrogen-bond donors (Lipinski definition) is 1. The van der Waals surface area contributed by atoms with E-state index in [1.54, 1.807) is 31.2 Å². The fourth-order valence-corrected chi connectivity index (χ4v) is 2.87. The molecule has 3 rings (SSSR count). The van der Waals surface area contributed by atoms with Crippen molar-refractivity contribution >= 4 is 23.2 Å². The Labute approximate surface area is 153 Å². The van der Waals surface area contributed by atoms with Crippen LogP contribution >= 0.6 is 0 Å². The van der Waals surface area contributed by atoms with Crippen molar-refractivity contribution in [1.82, 2.24) is 0 Å². The van der Waals surface area contributed by atoms with Crippen LogP contribution in [0.25, 0.3) is 0 Å². The predicted molar refractivity (Wildman–Crippen MR) is 93.6 cm³/mol. The van der Waals surface area contributed by atoms with Crippen LogP contribution < -0.4 is 15.0 Å². The summed E-state index contributed by atoms with van der Waals surface area (Å²) in [5.41, 5.74) is -0.888. The summed E-state index contributed by atoms with van der Waals surface area (Å²) >= 11 is 0. The maximum absolute atomic E-state index is 13.1. The molecule has 0 unspecified atom stereocenters. The zero-order chi connectivity index (χ0) is 19.6. The Bertz CT molecular complexity index is 867. The average molecular weight is 378 g/mol. The van der Waals surface area contributed by atoms with Gasteiger partial charge < -0.3 is 10.1 Å². The van der Waals surface area contributed by atoms with Gasteiger partial charge >= 0.3 is 6.18 Å². The van der Waals surface area contributed by atoms with Gasteiger partial charge in [0.2, 0.25) is 5.91 Å². The van der Waals surface area contributed by atoms with Crippen LogP contribution in [0.3, 0.4) is 0 Å². The van der Waals surface area contributed by atoms with E-state index in [4.69, 9.17) is 4.74 Å². The molecule has 0 saturated heterocycles. The van der Waals surface area contributed by atoms with Crippen LogP contribution in [0.15, 0.2) is 48.5 Å². The standard InChI is InChI=1S/C19H17F3N2O3/c1-2-15-18(26)24(14-9-5-6-10-16(14)27-15)11-17(25)23-13-8-4-3-7-12(13)19(20,21)22/h3-10,15H,2,11H2,1H3,(H,23,25)/t15-/m1/s1. The van der Waals surface area contributed by atoms with E-state index in [0.717, 1.165) is 6.07 Å². The highest BCUT2D eigenvalue weighted by molar-refractivity contribution is 6.06. The number of carbonyl (C=O) groups excluding carboxylic acids is 2. The summed E-state index contributed by atoms with van der Waals surface area (Å²) in [5, 5.41) is 2.25. The molecule has 27 heavy (non-hydrogen) atoms. The van der Waals surface area contributed by atoms with Gasteiger partial charge in [0.05, 0.1) is 16.9 Å². The first kappa shape index (κ1) is 18.8. The van der Waals surface area contributed by atoms with Crippen molar-refractivity contribution in [2.75, 3.05) is 16.8 Å². The van der Waals surface area contributed by atoms with Gasteiger partial charge in [0, 0.05) is 0 Å². The second-order valence-electron chi connectivity index (χ2n) is 6.00. The largest absolute Gasteiger partial charge is 0.478 e. The van der Waals surface area contributed by atoms with Crippen molar-refractivity contribution < 1.29 is 27.5 Å². The lowest BCUT2D eigenvalue weighted by molar-refractivity contribution is -0.137. The van der Waals surface area contributed by atoms with E-state index < -0.39 is 36.2 Å². The SMILES string of the molecule is CC[C@H]1Oc2ccccc2N(CC(=O)Nc2ccccc2C(F)(F)F)C1=O. The van der Waals surface area contributed by atoms with Crippen LogP contribution in [0, 0.1) is 0 Å². The van der Waals surface area contributed by atoms with Crippen LogP contribution in [-0.2, 0) is 15.8 Å². The zero-order valence-electron chi connectivity index (χ0n) is 14.4. The third-order valence-electron chi connectivity index (χ3n) is 4.15. The topological polar surface area (TPSA) is 58.6 Å². The van der Waals surface area contributed by atoms with Crippen LogP contribution in [0.2, 0.25) is 0 Å². The molecule has 0 aliphatic carbocycles. The van der Waals surface area contributed by atoms with Crippen molar-refractivity contribution in [2.24, 2.45) is 0 Å². The number of para-hydroxylation sites is 3. The number of halogens is 3. The molecule has 0 bridgehead atoms. The summed E-state index contributed by atoms with van der Waals surface area (Å²) in [6.07, 6.45) is -4.93. The van der Waals surface area contributed by atoms with Gasteiger partial charge in [-0.05, 0) is 30.7 Å². The highest BCUT2D eigenvalue weighted by atomic mass is 19.4. The van der Waals surface area contributed by atoms with E-state index in [-0.39, 0.29) is 5.69 Å². The summed E-state index contributed by atoms with van der Waals surface area (Å²) < 4.78 is 44.9. The van der Waals surface area contributed by atoms with Gasteiger partial charge in [0.25, 0.3) is 5.91 Å². The fourth-order valence-electron chi connectivity index (χ4n) is 2.87. The molecule has 1 heterocycles.